The zero-order chi connectivity index (χ0) is 20.9. The van der Waals surface area contributed by atoms with E-state index in [1.807, 2.05) is 0 Å². The fourth-order valence-electron chi connectivity index (χ4n) is 2.18. The summed E-state index contributed by atoms with van der Waals surface area (Å²) in [5.74, 6) is 0.0783. The predicted molar refractivity (Wildman–Crippen MR) is 101 cm³/mol. The molecule has 1 amide bonds. The Labute approximate surface area is 167 Å². The van der Waals surface area contributed by atoms with Crippen molar-refractivity contribution in [3.8, 4) is 5.75 Å². The topological polar surface area (TPSA) is 89.0 Å². The van der Waals surface area contributed by atoms with E-state index in [0.29, 0.717) is 16.7 Å². The lowest BCUT2D eigenvalue weighted by Crippen LogP contribution is -2.20. The van der Waals surface area contributed by atoms with Crippen LogP contribution in [0.5, 0.6) is 5.75 Å². The first-order valence-corrected chi connectivity index (χ1v) is 8.47. The summed E-state index contributed by atoms with van der Waals surface area (Å²) in [4.78, 5) is 24.5. The van der Waals surface area contributed by atoms with Gasteiger partial charge < -0.3 is 15.4 Å². The third kappa shape index (κ3) is 6.04. The fraction of sp³-hybridized carbons (Fsp3) is 0.111. The number of aromatic nitrogens is 3. The second-order valence-corrected chi connectivity index (χ2v) is 6.08. The summed E-state index contributed by atoms with van der Waals surface area (Å²) in [5, 5.41) is 5.86. The second-order valence-electron chi connectivity index (χ2n) is 5.65. The highest BCUT2D eigenvalue weighted by Gasteiger charge is 2.29. The van der Waals surface area contributed by atoms with Gasteiger partial charge in [-0.2, -0.15) is 13.2 Å². The third-order valence-corrected chi connectivity index (χ3v) is 3.65. The van der Waals surface area contributed by atoms with Crippen LogP contribution in [0.25, 0.3) is 0 Å². The maximum atomic E-state index is 12.5. The Morgan fingerprint density at radius 1 is 1.07 bits per heavy atom. The number of carbonyl (C=O) groups excluding carboxylic acids is 1. The minimum absolute atomic E-state index is 0.00689. The summed E-state index contributed by atoms with van der Waals surface area (Å²) < 4.78 is 41.9. The smallest absolute Gasteiger partial charge is 0.422 e. The number of hydrogen-bond donors (Lipinski definition) is 2. The lowest BCUT2D eigenvalue weighted by molar-refractivity contribution is -0.153. The zero-order valence-corrected chi connectivity index (χ0v) is 15.3. The highest BCUT2D eigenvalue weighted by Crippen LogP contribution is 2.26. The highest BCUT2D eigenvalue weighted by atomic mass is 35.5. The Hall–Kier alpha value is -3.40. The van der Waals surface area contributed by atoms with Crippen molar-refractivity contribution in [1.82, 2.24) is 15.0 Å². The molecule has 0 bridgehead atoms. The average molecular weight is 424 g/mol. The summed E-state index contributed by atoms with van der Waals surface area (Å²) >= 11 is 5.78. The molecule has 0 unspecified atom stereocenters. The van der Waals surface area contributed by atoms with Gasteiger partial charge in [-0.3, -0.25) is 9.78 Å². The standard InChI is InChI=1S/C18H13ClF3N5O2/c19-12-1-2-15(25-8-12)27-16-7-11(3-6-24-16)17(28)26-13-9-23-5-4-14(13)29-10-18(20,21)22/h1-9H,10H2,(H,26,28)(H,24,25,27). The van der Waals surface area contributed by atoms with Crippen molar-refractivity contribution in [2.24, 2.45) is 0 Å². The molecule has 0 aromatic carbocycles. The van der Waals surface area contributed by atoms with Crippen LogP contribution < -0.4 is 15.4 Å². The summed E-state index contributed by atoms with van der Waals surface area (Å²) in [5.41, 5.74) is 0.217. The molecule has 0 atom stereocenters. The summed E-state index contributed by atoms with van der Waals surface area (Å²) in [6.45, 7) is -1.49. The minimum Gasteiger partial charge on any atom is -0.482 e. The SMILES string of the molecule is O=C(Nc1cnccc1OCC(F)(F)F)c1ccnc(Nc2ccc(Cl)cn2)c1. The number of anilines is 3. The van der Waals surface area contributed by atoms with E-state index in [2.05, 4.69) is 25.6 Å². The van der Waals surface area contributed by atoms with Crippen molar-refractivity contribution >= 4 is 34.8 Å². The first-order valence-electron chi connectivity index (χ1n) is 8.10. The highest BCUT2D eigenvalue weighted by molar-refractivity contribution is 6.30. The summed E-state index contributed by atoms with van der Waals surface area (Å²) in [6, 6.07) is 7.41. The Morgan fingerprint density at radius 2 is 1.90 bits per heavy atom. The van der Waals surface area contributed by atoms with Gasteiger partial charge in [-0.05, 0) is 24.3 Å². The van der Waals surface area contributed by atoms with Crippen LogP contribution in [0.1, 0.15) is 10.4 Å². The first-order chi connectivity index (χ1) is 13.8. The maximum Gasteiger partial charge on any atom is 0.422 e. The molecular weight excluding hydrogens is 411 g/mol. The number of carbonyl (C=O) groups is 1. The van der Waals surface area contributed by atoms with E-state index in [-0.39, 0.29) is 17.0 Å². The first kappa shape index (κ1) is 20.3. The van der Waals surface area contributed by atoms with Gasteiger partial charge in [0.15, 0.2) is 6.61 Å². The van der Waals surface area contributed by atoms with Crippen LogP contribution in [-0.4, -0.2) is 33.6 Å². The third-order valence-electron chi connectivity index (χ3n) is 3.43. The monoisotopic (exact) mass is 423 g/mol. The minimum atomic E-state index is -4.51. The zero-order valence-electron chi connectivity index (χ0n) is 14.6. The van der Waals surface area contributed by atoms with E-state index in [4.69, 9.17) is 16.3 Å². The van der Waals surface area contributed by atoms with Crippen LogP contribution in [-0.2, 0) is 0 Å². The number of halogens is 4. The van der Waals surface area contributed by atoms with Crippen LogP contribution >= 0.6 is 11.6 Å². The number of pyridine rings is 3. The summed E-state index contributed by atoms with van der Waals surface area (Å²) in [6.07, 6.45) is 0.797. The Morgan fingerprint density at radius 3 is 2.62 bits per heavy atom. The second kappa shape index (κ2) is 8.74. The van der Waals surface area contributed by atoms with Gasteiger partial charge in [0.25, 0.3) is 5.91 Å². The molecule has 0 aliphatic heterocycles. The lowest BCUT2D eigenvalue weighted by atomic mass is 10.2. The van der Waals surface area contributed by atoms with Crippen molar-refractivity contribution in [2.75, 3.05) is 17.2 Å². The lowest BCUT2D eigenvalue weighted by Gasteiger charge is -2.13. The van der Waals surface area contributed by atoms with Gasteiger partial charge in [0.1, 0.15) is 23.1 Å². The van der Waals surface area contributed by atoms with E-state index in [1.54, 1.807) is 12.1 Å². The molecule has 150 valence electrons. The molecule has 2 N–H and O–H groups in total. The van der Waals surface area contributed by atoms with E-state index >= 15 is 0 Å². The Balaban J connectivity index is 1.72. The van der Waals surface area contributed by atoms with Crippen molar-refractivity contribution in [3.63, 3.8) is 0 Å². The molecule has 3 heterocycles. The van der Waals surface area contributed by atoms with Gasteiger partial charge in [0, 0.05) is 30.2 Å². The number of rotatable bonds is 6. The molecule has 3 aromatic rings. The van der Waals surface area contributed by atoms with Crippen molar-refractivity contribution in [2.45, 2.75) is 6.18 Å². The number of alkyl halides is 3. The van der Waals surface area contributed by atoms with Gasteiger partial charge in [0.2, 0.25) is 0 Å². The fourth-order valence-corrected chi connectivity index (χ4v) is 2.29. The molecular formula is C18H13ClF3N5O2. The van der Waals surface area contributed by atoms with Gasteiger partial charge in [0.05, 0.1) is 11.2 Å². The quantitative estimate of drug-likeness (QED) is 0.608. The van der Waals surface area contributed by atoms with Crippen molar-refractivity contribution in [1.29, 1.82) is 0 Å². The molecule has 29 heavy (non-hydrogen) atoms. The van der Waals surface area contributed by atoms with E-state index < -0.39 is 18.7 Å². The number of hydrogen-bond acceptors (Lipinski definition) is 6. The van der Waals surface area contributed by atoms with Crippen LogP contribution in [0.15, 0.2) is 55.1 Å². The molecule has 0 spiro atoms. The largest absolute Gasteiger partial charge is 0.482 e. The number of nitrogens with zero attached hydrogens (tertiary/aromatic N) is 3. The molecule has 0 aliphatic carbocycles. The van der Waals surface area contributed by atoms with Crippen molar-refractivity contribution in [3.05, 3.63) is 65.7 Å². The van der Waals surface area contributed by atoms with Gasteiger partial charge in [-0.15, -0.1) is 0 Å². The van der Waals surface area contributed by atoms with Gasteiger partial charge in [-0.25, -0.2) is 9.97 Å². The van der Waals surface area contributed by atoms with Gasteiger partial charge >= 0.3 is 6.18 Å². The Kier molecular flexibility index (Phi) is 6.13. The van der Waals surface area contributed by atoms with Crippen LogP contribution in [0.4, 0.5) is 30.5 Å². The van der Waals surface area contributed by atoms with E-state index in [9.17, 15) is 18.0 Å². The summed E-state index contributed by atoms with van der Waals surface area (Å²) in [7, 11) is 0. The average Bonchev–Trinajstić information content (AvgIpc) is 2.69. The predicted octanol–water partition coefficient (Wildman–Crippen LogP) is 4.46. The van der Waals surface area contributed by atoms with Crippen molar-refractivity contribution < 1.29 is 22.7 Å². The molecule has 3 aromatic heterocycles. The maximum absolute atomic E-state index is 12.5. The number of nitrogens with one attached hydrogen (secondary N) is 2. The number of ether oxygens (including phenoxy) is 1. The van der Waals surface area contributed by atoms with Crippen LogP contribution in [0.2, 0.25) is 5.02 Å². The van der Waals surface area contributed by atoms with Gasteiger partial charge in [-0.1, -0.05) is 11.6 Å². The molecule has 0 radical (unpaired) electrons. The van der Waals surface area contributed by atoms with E-state index in [0.717, 1.165) is 0 Å². The Bertz CT molecular complexity index is 999. The number of amides is 1. The molecule has 0 fully saturated rings. The molecule has 0 aliphatic rings. The van der Waals surface area contributed by atoms with E-state index in [1.165, 1.54) is 43.0 Å². The molecule has 0 saturated heterocycles. The molecule has 11 heteroatoms. The van der Waals surface area contributed by atoms with Crippen LogP contribution in [0, 0.1) is 0 Å². The van der Waals surface area contributed by atoms with Crippen LogP contribution in [0.3, 0.4) is 0 Å². The molecule has 7 nitrogen and oxygen atoms in total. The molecule has 3 rings (SSSR count). The normalized spacial score (nSPS) is 11.0. The molecule has 0 saturated carbocycles.